The summed E-state index contributed by atoms with van der Waals surface area (Å²) in [5.74, 6) is -0.0129. The number of carbonyl (C=O) groups excluding carboxylic acids is 2. The van der Waals surface area contributed by atoms with Crippen molar-refractivity contribution in [1.82, 2.24) is 10.7 Å². The number of nitrogens with one attached hydrogen (secondary N) is 2. The first-order valence-corrected chi connectivity index (χ1v) is 8.36. The van der Waals surface area contributed by atoms with Gasteiger partial charge >= 0.3 is 0 Å². The molecule has 0 aromatic heterocycles. The highest BCUT2D eigenvalue weighted by Crippen LogP contribution is 2.23. The van der Waals surface area contributed by atoms with E-state index in [0.717, 1.165) is 45.1 Å². The van der Waals surface area contributed by atoms with E-state index in [1.807, 2.05) is 0 Å². The number of ether oxygens (including phenoxy) is 1. The standard InChI is InChI=1S/C16H27N3O3/c1-12(10-15(20)17-11-14-8-5-9-22-14)18-19-16(21)13-6-3-2-4-7-13/h13-14H,2-11H2,1H3,(H,17,20)(H,19,21)/b18-12+. The minimum Gasteiger partial charge on any atom is -0.376 e. The molecular weight excluding hydrogens is 282 g/mol. The Morgan fingerprint density at radius 2 is 1.91 bits per heavy atom. The molecule has 1 saturated heterocycles. The topological polar surface area (TPSA) is 79.8 Å². The van der Waals surface area contributed by atoms with E-state index in [9.17, 15) is 9.59 Å². The highest BCUT2D eigenvalue weighted by molar-refractivity contribution is 6.00. The fraction of sp³-hybridized carbons (Fsp3) is 0.812. The van der Waals surface area contributed by atoms with Gasteiger partial charge < -0.3 is 10.1 Å². The lowest BCUT2D eigenvalue weighted by Crippen LogP contribution is -2.33. The Morgan fingerprint density at radius 1 is 1.14 bits per heavy atom. The van der Waals surface area contributed by atoms with Crippen molar-refractivity contribution in [3.63, 3.8) is 0 Å². The molecule has 0 aromatic rings. The van der Waals surface area contributed by atoms with Crippen molar-refractivity contribution in [2.24, 2.45) is 11.0 Å². The SMILES string of the molecule is C/C(CC(=O)NCC1CCCO1)=N\NC(=O)C1CCCCC1. The zero-order valence-corrected chi connectivity index (χ0v) is 13.4. The molecule has 1 aliphatic carbocycles. The van der Waals surface area contributed by atoms with Gasteiger partial charge in [-0.1, -0.05) is 19.3 Å². The van der Waals surface area contributed by atoms with E-state index >= 15 is 0 Å². The molecule has 2 aliphatic rings. The van der Waals surface area contributed by atoms with E-state index in [4.69, 9.17) is 4.74 Å². The van der Waals surface area contributed by atoms with Gasteiger partial charge in [-0.15, -0.1) is 0 Å². The molecule has 2 amide bonds. The van der Waals surface area contributed by atoms with Crippen LogP contribution in [-0.4, -0.2) is 36.8 Å². The minimum absolute atomic E-state index is 0.0150. The third-order valence-corrected chi connectivity index (χ3v) is 4.30. The van der Waals surface area contributed by atoms with Crippen LogP contribution in [0.3, 0.4) is 0 Å². The van der Waals surface area contributed by atoms with Crippen LogP contribution in [-0.2, 0) is 14.3 Å². The van der Waals surface area contributed by atoms with Crippen LogP contribution in [0.5, 0.6) is 0 Å². The second kappa shape index (κ2) is 8.88. The molecule has 0 spiro atoms. The van der Waals surface area contributed by atoms with Gasteiger partial charge in [-0.3, -0.25) is 9.59 Å². The molecule has 1 heterocycles. The normalized spacial score (nSPS) is 23.3. The first kappa shape index (κ1) is 16.9. The summed E-state index contributed by atoms with van der Waals surface area (Å²) in [6.45, 7) is 3.10. The zero-order valence-electron chi connectivity index (χ0n) is 13.4. The van der Waals surface area contributed by atoms with Gasteiger partial charge in [0.2, 0.25) is 11.8 Å². The van der Waals surface area contributed by atoms with Crippen LogP contribution in [0, 0.1) is 5.92 Å². The van der Waals surface area contributed by atoms with Crippen molar-refractivity contribution in [2.45, 2.75) is 64.4 Å². The summed E-state index contributed by atoms with van der Waals surface area (Å²) in [6, 6.07) is 0. The van der Waals surface area contributed by atoms with E-state index in [1.54, 1.807) is 6.92 Å². The Morgan fingerprint density at radius 3 is 2.59 bits per heavy atom. The number of hydrazone groups is 1. The van der Waals surface area contributed by atoms with Crippen molar-refractivity contribution < 1.29 is 14.3 Å². The fourth-order valence-electron chi connectivity index (χ4n) is 2.97. The van der Waals surface area contributed by atoms with E-state index in [1.165, 1.54) is 6.42 Å². The van der Waals surface area contributed by atoms with Crippen molar-refractivity contribution in [2.75, 3.05) is 13.2 Å². The highest BCUT2D eigenvalue weighted by atomic mass is 16.5. The minimum atomic E-state index is -0.0799. The summed E-state index contributed by atoms with van der Waals surface area (Å²) in [5.41, 5.74) is 3.22. The maximum absolute atomic E-state index is 12.0. The molecule has 0 aromatic carbocycles. The van der Waals surface area contributed by atoms with Gasteiger partial charge in [-0.2, -0.15) is 5.10 Å². The van der Waals surface area contributed by atoms with Crippen LogP contribution < -0.4 is 10.7 Å². The molecule has 1 unspecified atom stereocenters. The molecule has 22 heavy (non-hydrogen) atoms. The Bertz CT molecular complexity index is 411. The molecule has 1 aliphatic heterocycles. The number of rotatable bonds is 6. The van der Waals surface area contributed by atoms with Gasteiger partial charge in [0.15, 0.2) is 0 Å². The average molecular weight is 309 g/mol. The summed E-state index contributed by atoms with van der Waals surface area (Å²) in [4.78, 5) is 23.7. The monoisotopic (exact) mass is 309 g/mol. The quantitative estimate of drug-likeness (QED) is 0.579. The fourth-order valence-corrected chi connectivity index (χ4v) is 2.97. The molecule has 0 radical (unpaired) electrons. The molecule has 6 nitrogen and oxygen atoms in total. The van der Waals surface area contributed by atoms with E-state index in [-0.39, 0.29) is 30.3 Å². The number of nitrogens with zero attached hydrogens (tertiary/aromatic N) is 1. The van der Waals surface area contributed by atoms with Gasteiger partial charge in [-0.25, -0.2) is 5.43 Å². The van der Waals surface area contributed by atoms with Crippen LogP contribution in [0.4, 0.5) is 0 Å². The second-order valence-electron chi connectivity index (χ2n) is 6.27. The Balaban J connectivity index is 1.65. The van der Waals surface area contributed by atoms with Crippen molar-refractivity contribution in [1.29, 1.82) is 0 Å². The van der Waals surface area contributed by atoms with Crippen LogP contribution >= 0.6 is 0 Å². The predicted molar refractivity (Wildman–Crippen MR) is 84.4 cm³/mol. The van der Waals surface area contributed by atoms with Crippen LogP contribution in [0.25, 0.3) is 0 Å². The molecule has 2 rings (SSSR count). The molecule has 2 fully saturated rings. The highest BCUT2D eigenvalue weighted by Gasteiger charge is 2.21. The summed E-state index contributed by atoms with van der Waals surface area (Å²) in [5, 5.41) is 6.89. The third-order valence-electron chi connectivity index (χ3n) is 4.30. The lowest BCUT2D eigenvalue weighted by Gasteiger charge is -2.19. The maximum Gasteiger partial charge on any atom is 0.243 e. The number of hydrogen-bond donors (Lipinski definition) is 2. The zero-order chi connectivity index (χ0) is 15.8. The lowest BCUT2D eigenvalue weighted by atomic mass is 9.89. The molecule has 1 saturated carbocycles. The van der Waals surface area contributed by atoms with Gasteiger partial charge in [0.05, 0.1) is 12.5 Å². The van der Waals surface area contributed by atoms with E-state index in [0.29, 0.717) is 12.3 Å². The first-order valence-electron chi connectivity index (χ1n) is 8.36. The number of hydrogen-bond acceptors (Lipinski definition) is 4. The summed E-state index contributed by atoms with van der Waals surface area (Å²) in [6.07, 6.45) is 7.77. The van der Waals surface area contributed by atoms with Crippen LogP contribution in [0.15, 0.2) is 5.10 Å². The second-order valence-corrected chi connectivity index (χ2v) is 6.27. The Hall–Kier alpha value is -1.43. The van der Waals surface area contributed by atoms with Crippen LogP contribution in [0.1, 0.15) is 58.3 Å². The predicted octanol–water partition coefficient (Wildman–Crippen LogP) is 1.74. The summed E-state index contributed by atoms with van der Waals surface area (Å²) >= 11 is 0. The van der Waals surface area contributed by atoms with Gasteiger partial charge in [-0.05, 0) is 32.6 Å². The lowest BCUT2D eigenvalue weighted by molar-refractivity contribution is -0.126. The summed E-state index contributed by atoms with van der Waals surface area (Å²) in [7, 11) is 0. The van der Waals surface area contributed by atoms with Gasteiger partial charge in [0.1, 0.15) is 0 Å². The molecule has 1 atom stereocenters. The Kier molecular flexibility index (Phi) is 6.83. The molecule has 124 valence electrons. The van der Waals surface area contributed by atoms with Gasteiger partial charge in [0, 0.05) is 24.8 Å². The van der Waals surface area contributed by atoms with Crippen molar-refractivity contribution in [3.05, 3.63) is 0 Å². The van der Waals surface area contributed by atoms with Crippen molar-refractivity contribution in [3.8, 4) is 0 Å². The number of amides is 2. The Labute approximate surface area is 132 Å². The van der Waals surface area contributed by atoms with E-state index < -0.39 is 0 Å². The summed E-state index contributed by atoms with van der Waals surface area (Å²) < 4.78 is 5.45. The van der Waals surface area contributed by atoms with Gasteiger partial charge in [0.25, 0.3) is 0 Å². The molecule has 6 heteroatoms. The third kappa shape index (κ3) is 5.75. The smallest absolute Gasteiger partial charge is 0.243 e. The average Bonchev–Trinajstić information content (AvgIpc) is 3.05. The first-order chi connectivity index (χ1) is 10.6. The maximum atomic E-state index is 12.0. The van der Waals surface area contributed by atoms with Crippen LogP contribution in [0.2, 0.25) is 0 Å². The molecule has 0 bridgehead atoms. The largest absolute Gasteiger partial charge is 0.376 e. The number of carbonyl (C=O) groups is 2. The molecular formula is C16H27N3O3. The van der Waals surface area contributed by atoms with Crippen molar-refractivity contribution >= 4 is 17.5 Å². The molecule has 2 N–H and O–H groups in total. The van der Waals surface area contributed by atoms with E-state index in [2.05, 4.69) is 15.8 Å².